The van der Waals surface area contributed by atoms with Crippen LogP contribution in [-0.4, -0.2) is 13.0 Å². The highest BCUT2D eigenvalue weighted by Gasteiger charge is 2.15. The maximum absolute atomic E-state index is 11.5. The van der Waals surface area contributed by atoms with Gasteiger partial charge in [0.25, 0.3) is 10.1 Å². The number of benzene rings is 1. The van der Waals surface area contributed by atoms with E-state index in [9.17, 15) is 13.0 Å². The van der Waals surface area contributed by atoms with E-state index in [-0.39, 0.29) is 4.91 Å². The minimum absolute atomic E-state index is 0.0223. The van der Waals surface area contributed by atoms with Gasteiger partial charge in [0, 0.05) is 0 Å². The highest BCUT2D eigenvalue weighted by Crippen LogP contribution is 2.21. The number of hydrogen-bond acceptors (Lipinski definition) is 2. The number of allylic oxidation sites excluding steroid dienone is 1. The maximum atomic E-state index is 11.5. The lowest BCUT2D eigenvalue weighted by molar-refractivity contribution is 0.496. The molecule has 1 rings (SSSR count). The van der Waals surface area contributed by atoms with Crippen LogP contribution in [0.4, 0.5) is 0 Å². The van der Waals surface area contributed by atoms with Gasteiger partial charge in [-0.25, -0.2) is 0 Å². The second kappa shape index (κ2) is 9.74. The van der Waals surface area contributed by atoms with E-state index in [1.807, 2.05) is 6.07 Å². The minimum atomic E-state index is -4.16. The highest BCUT2D eigenvalue weighted by atomic mass is 32.2. The van der Waals surface area contributed by atoms with E-state index >= 15 is 0 Å². The van der Waals surface area contributed by atoms with Gasteiger partial charge in [0.1, 0.15) is 0 Å². The monoisotopic (exact) mass is 310 g/mol. The third kappa shape index (κ3) is 7.44. The molecule has 118 valence electrons. The summed E-state index contributed by atoms with van der Waals surface area (Å²) >= 11 is 0. The fourth-order valence-electron chi connectivity index (χ4n) is 2.31. The summed E-state index contributed by atoms with van der Waals surface area (Å²) in [5, 5.41) is 0. The SMILES string of the molecule is CCCCCCCCCC=C(c1ccccc1)S(=O)(=O)O. The molecule has 0 unspecified atom stereocenters. The standard InChI is InChI=1S/C17H26O3S/c1-2-3-4-5-6-7-8-12-15-17(21(18,19)20)16-13-10-9-11-14-16/h9-11,13-15H,2-8,12H2,1H3,(H,18,19,20). The lowest BCUT2D eigenvalue weighted by Gasteiger charge is -2.05. The first-order valence-corrected chi connectivity index (χ1v) is 9.22. The van der Waals surface area contributed by atoms with Crippen LogP contribution in [0.1, 0.15) is 63.9 Å². The molecule has 0 aliphatic heterocycles. The Morgan fingerprint density at radius 2 is 1.57 bits per heavy atom. The molecule has 0 amide bonds. The third-order valence-electron chi connectivity index (χ3n) is 3.47. The van der Waals surface area contributed by atoms with Crippen LogP contribution in [0.3, 0.4) is 0 Å². The zero-order chi connectivity index (χ0) is 15.6. The van der Waals surface area contributed by atoms with E-state index in [1.54, 1.807) is 30.3 Å². The summed E-state index contributed by atoms with van der Waals surface area (Å²) in [7, 11) is -4.16. The molecule has 0 saturated carbocycles. The van der Waals surface area contributed by atoms with Gasteiger partial charge in [0.15, 0.2) is 0 Å². The topological polar surface area (TPSA) is 54.4 Å². The average Bonchev–Trinajstić information content (AvgIpc) is 2.45. The molecule has 0 aliphatic rings. The predicted molar refractivity (Wildman–Crippen MR) is 88.6 cm³/mol. The van der Waals surface area contributed by atoms with Crippen molar-refractivity contribution in [2.45, 2.75) is 58.3 Å². The molecule has 0 fully saturated rings. The van der Waals surface area contributed by atoms with Gasteiger partial charge in [0.05, 0.1) is 4.91 Å². The molecular formula is C17H26O3S. The molecule has 0 aromatic heterocycles. The number of rotatable bonds is 10. The zero-order valence-electron chi connectivity index (χ0n) is 12.8. The van der Waals surface area contributed by atoms with Crippen molar-refractivity contribution in [3.8, 4) is 0 Å². The quantitative estimate of drug-likeness (QED) is 0.485. The molecule has 0 saturated heterocycles. The normalized spacial score (nSPS) is 12.6. The Morgan fingerprint density at radius 3 is 2.14 bits per heavy atom. The molecule has 4 heteroatoms. The average molecular weight is 310 g/mol. The van der Waals surface area contributed by atoms with Crippen LogP contribution in [0.5, 0.6) is 0 Å². The van der Waals surface area contributed by atoms with Gasteiger partial charge >= 0.3 is 0 Å². The van der Waals surface area contributed by atoms with Crippen molar-refractivity contribution >= 4 is 15.0 Å². The van der Waals surface area contributed by atoms with Gasteiger partial charge in [-0.15, -0.1) is 0 Å². The van der Waals surface area contributed by atoms with Gasteiger partial charge in [-0.1, -0.05) is 81.9 Å². The van der Waals surface area contributed by atoms with Crippen LogP contribution < -0.4 is 0 Å². The minimum Gasteiger partial charge on any atom is -0.282 e. The summed E-state index contributed by atoms with van der Waals surface area (Å²) in [6.07, 6.45) is 10.6. The van der Waals surface area contributed by atoms with Gasteiger partial charge in [-0.05, 0) is 18.4 Å². The molecule has 1 N–H and O–H groups in total. The Balaban J connectivity index is 2.47. The Morgan fingerprint density at radius 1 is 1.00 bits per heavy atom. The van der Waals surface area contributed by atoms with Crippen molar-refractivity contribution in [3.05, 3.63) is 42.0 Å². The molecule has 3 nitrogen and oxygen atoms in total. The first-order chi connectivity index (χ1) is 10.1. The predicted octanol–water partition coefficient (Wildman–Crippen LogP) is 5.06. The third-order valence-corrected chi connectivity index (χ3v) is 4.43. The molecule has 0 radical (unpaired) electrons. The molecule has 0 atom stereocenters. The van der Waals surface area contributed by atoms with Crippen LogP contribution in [0, 0.1) is 0 Å². The number of hydrogen-bond donors (Lipinski definition) is 1. The summed E-state index contributed by atoms with van der Waals surface area (Å²) < 4.78 is 32.2. The highest BCUT2D eigenvalue weighted by molar-refractivity contribution is 7.95. The van der Waals surface area contributed by atoms with E-state index in [4.69, 9.17) is 0 Å². The maximum Gasteiger partial charge on any atom is 0.294 e. The van der Waals surface area contributed by atoms with Crippen LogP contribution in [0.2, 0.25) is 0 Å². The van der Waals surface area contributed by atoms with Crippen molar-refractivity contribution in [1.29, 1.82) is 0 Å². The van der Waals surface area contributed by atoms with E-state index in [1.165, 1.54) is 32.1 Å². The fourth-order valence-corrected chi connectivity index (χ4v) is 3.07. The first kappa shape index (κ1) is 17.9. The van der Waals surface area contributed by atoms with Crippen molar-refractivity contribution in [1.82, 2.24) is 0 Å². The second-order valence-corrected chi connectivity index (χ2v) is 6.71. The molecule has 1 aromatic carbocycles. The summed E-state index contributed by atoms with van der Waals surface area (Å²) in [5.74, 6) is 0. The van der Waals surface area contributed by atoms with Crippen LogP contribution in [0.25, 0.3) is 4.91 Å². The van der Waals surface area contributed by atoms with Gasteiger partial charge in [0.2, 0.25) is 0 Å². The summed E-state index contributed by atoms with van der Waals surface area (Å²) in [5.41, 5.74) is 0.544. The van der Waals surface area contributed by atoms with Gasteiger partial charge in [-0.3, -0.25) is 4.55 Å². The van der Waals surface area contributed by atoms with E-state index < -0.39 is 10.1 Å². The largest absolute Gasteiger partial charge is 0.294 e. The van der Waals surface area contributed by atoms with Gasteiger partial charge < -0.3 is 0 Å². The Hall–Kier alpha value is -1.13. The van der Waals surface area contributed by atoms with Crippen molar-refractivity contribution in [2.24, 2.45) is 0 Å². The summed E-state index contributed by atoms with van der Waals surface area (Å²) in [6.45, 7) is 2.20. The smallest absolute Gasteiger partial charge is 0.282 e. The molecule has 0 spiro atoms. The second-order valence-electron chi connectivity index (χ2n) is 5.32. The van der Waals surface area contributed by atoms with Crippen LogP contribution >= 0.6 is 0 Å². The molecule has 0 aliphatic carbocycles. The zero-order valence-corrected chi connectivity index (χ0v) is 13.6. The van der Waals surface area contributed by atoms with E-state index in [0.717, 1.165) is 12.8 Å². The van der Waals surface area contributed by atoms with Crippen LogP contribution in [-0.2, 0) is 10.1 Å². The molecule has 1 aromatic rings. The van der Waals surface area contributed by atoms with Crippen LogP contribution in [0.15, 0.2) is 36.4 Å². The lowest BCUT2D eigenvalue weighted by Crippen LogP contribution is -2.01. The van der Waals surface area contributed by atoms with Crippen molar-refractivity contribution < 1.29 is 13.0 Å². The molecular weight excluding hydrogens is 284 g/mol. The summed E-state index contributed by atoms with van der Waals surface area (Å²) in [4.78, 5) is 0.0223. The molecule has 21 heavy (non-hydrogen) atoms. The van der Waals surface area contributed by atoms with Crippen molar-refractivity contribution in [3.63, 3.8) is 0 Å². The van der Waals surface area contributed by atoms with E-state index in [0.29, 0.717) is 12.0 Å². The Labute approximate surface area is 128 Å². The molecule has 0 heterocycles. The number of unbranched alkanes of at least 4 members (excludes halogenated alkanes) is 7. The lowest BCUT2D eigenvalue weighted by atomic mass is 10.1. The summed E-state index contributed by atoms with van der Waals surface area (Å²) in [6, 6.07) is 8.75. The fraction of sp³-hybridized carbons (Fsp3) is 0.529. The van der Waals surface area contributed by atoms with E-state index in [2.05, 4.69) is 6.92 Å². The van der Waals surface area contributed by atoms with Crippen molar-refractivity contribution in [2.75, 3.05) is 0 Å². The Kier molecular flexibility index (Phi) is 8.31. The van der Waals surface area contributed by atoms with Gasteiger partial charge in [-0.2, -0.15) is 8.42 Å². The first-order valence-electron chi connectivity index (χ1n) is 7.78. The Bertz CT molecular complexity index is 518. The molecule has 0 bridgehead atoms.